The van der Waals surface area contributed by atoms with Crippen molar-refractivity contribution in [2.45, 2.75) is 20.8 Å². The van der Waals surface area contributed by atoms with E-state index in [4.69, 9.17) is 16.3 Å². The van der Waals surface area contributed by atoms with Gasteiger partial charge in [0.25, 0.3) is 5.91 Å². The lowest BCUT2D eigenvalue weighted by atomic mass is 10.1. The first-order valence-corrected chi connectivity index (χ1v) is 10.3. The minimum Gasteiger partial charge on any atom is -0.378 e. The Morgan fingerprint density at radius 2 is 1.77 bits per heavy atom. The summed E-state index contributed by atoms with van der Waals surface area (Å²) < 4.78 is 5.44. The van der Waals surface area contributed by atoms with E-state index in [0.29, 0.717) is 29.6 Å². The Labute approximate surface area is 180 Å². The second kappa shape index (κ2) is 8.45. The van der Waals surface area contributed by atoms with Gasteiger partial charge in [-0.2, -0.15) is 9.90 Å². The van der Waals surface area contributed by atoms with Crippen molar-refractivity contribution in [3.05, 3.63) is 63.9 Å². The number of hydrogen-bond donors (Lipinski definition) is 1. The molecule has 1 aromatic heterocycles. The highest BCUT2D eigenvalue weighted by atomic mass is 35.5. The van der Waals surface area contributed by atoms with Crippen molar-refractivity contribution in [1.29, 1.82) is 0 Å². The maximum absolute atomic E-state index is 13.1. The molecule has 156 valence electrons. The predicted octanol–water partition coefficient (Wildman–Crippen LogP) is 3.93. The molecule has 1 saturated heterocycles. The Balaban J connectivity index is 1.62. The van der Waals surface area contributed by atoms with Crippen molar-refractivity contribution in [3.8, 4) is 5.69 Å². The van der Waals surface area contributed by atoms with E-state index in [0.717, 1.165) is 35.6 Å². The zero-order valence-electron chi connectivity index (χ0n) is 17.3. The monoisotopic (exact) mass is 425 g/mol. The van der Waals surface area contributed by atoms with Crippen LogP contribution in [0.1, 0.15) is 27.3 Å². The van der Waals surface area contributed by atoms with Crippen molar-refractivity contribution in [1.82, 2.24) is 15.0 Å². The molecule has 2 aromatic carbocycles. The van der Waals surface area contributed by atoms with Crippen LogP contribution in [0.4, 0.5) is 11.4 Å². The number of amides is 1. The summed E-state index contributed by atoms with van der Waals surface area (Å²) in [6.45, 7) is 8.64. The first-order chi connectivity index (χ1) is 14.4. The number of carbonyl (C=O) groups excluding carboxylic acids is 1. The molecule has 8 heteroatoms. The second-order valence-corrected chi connectivity index (χ2v) is 7.86. The highest BCUT2D eigenvalue weighted by Crippen LogP contribution is 2.30. The predicted molar refractivity (Wildman–Crippen MR) is 118 cm³/mol. The molecule has 1 N–H and O–H groups in total. The van der Waals surface area contributed by atoms with E-state index in [9.17, 15) is 4.79 Å². The molecule has 0 spiro atoms. The van der Waals surface area contributed by atoms with Gasteiger partial charge in [0.2, 0.25) is 0 Å². The summed E-state index contributed by atoms with van der Waals surface area (Å²) in [6.07, 6.45) is 0. The van der Waals surface area contributed by atoms with Crippen molar-refractivity contribution in [2.75, 3.05) is 36.5 Å². The second-order valence-electron chi connectivity index (χ2n) is 7.43. The number of aromatic nitrogens is 3. The number of nitrogens with zero attached hydrogens (tertiary/aromatic N) is 4. The zero-order chi connectivity index (χ0) is 21.3. The SMILES string of the molecule is Cc1ccc(-n2nc(C)c(C(=O)Nc3cc(Cl)ccc3N3CCOCC3)n2)c(C)c1. The molecule has 0 aliphatic carbocycles. The highest BCUT2D eigenvalue weighted by molar-refractivity contribution is 6.31. The van der Waals surface area contributed by atoms with E-state index in [1.165, 1.54) is 4.80 Å². The number of morpholine rings is 1. The van der Waals surface area contributed by atoms with E-state index in [-0.39, 0.29) is 11.6 Å². The molecule has 1 aliphatic heterocycles. The molecule has 0 bridgehead atoms. The molecular weight excluding hydrogens is 402 g/mol. The van der Waals surface area contributed by atoms with Gasteiger partial charge in [0, 0.05) is 18.1 Å². The number of hydrogen-bond acceptors (Lipinski definition) is 5. The first-order valence-electron chi connectivity index (χ1n) is 9.87. The van der Waals surface area contributed by atoms with Gasteiger partial charge >= 0.3 is 0 Å². The van der Waals surface area contributed by atoms with Crippen LogP contribution in [0.15, 0.2) is 36.4 Å². The fraction of sp³-hybridized carbons (Fsp3) is 0.318. The van der Waals surface area contributed by atoms with Crippen molar-refractivity contribution < 1.29 is 9.53 Å². The topological polar surface area (TPSA) is 72.3 Å². The number of halogens is 1. The summed E-state index contributed by atoms with van der Waals surface area (Å²) in [7, 11) is 0. The van der Waals surface area contributed by atoms with Crippen molar-refractivity contribution >= 4 is 28.9 Å². The summed E-state index contributed by atoms with van der Waals surface area (Å²) in [4.78, 5) is 16.7. The molecule has 0 unspecified atom stereocenters. The third-order valence-electron chi connectivity index (χ3n) is 5.12. The van der Waals surface area contributed by atoms with Gasteiger partial charge in [0.1, 0.15) is 0 Å². The molecule has 2 heterocycles. The maximum atomic E-state index is 13.1. The number of nitrogens with one attached hydrogen (secondary N) is 1. The number of anilines is 2. The molecule has 0 atom stereocenters. The summed E-state index contributed by atoms with van der Waals surface area (Å²) in [5.41, 5.74) is 5.45. The molecule has 1 fully saturated rings. The van der Waals surface area contributed by atoms with Gasteiger partial charge in [0.15, 0.2) is 5.69 Å². The molecule has 7 nitrogen and oxygen atoms in total. The number of carbonyl (C=O) groups is 1. The number of benzene rings is 2. The van der Waals surface area contributed by atoms with Crippen molar-refractivity contribution in [2.24, 2.45) is 0 Å². The summed E-state index contributed by atoms with van der Waals surface area (Å²) in [5, 5.41) is 12.4. The van der Waals surface area contributed by atoms with Gasteiger partial charge in [0.05, 0.1) is 36.0 Å². The van der Waals surface area contributed by atoms with Gasteiger partial charge in [-0.1, -0.05) is 29.3 Å². The van der Waals surface area contributed by atoms with Crippen LogP contribution in [0.3, 0.4) is 0 Å². The Hall–Kier alpha value is -2.90. The Bertz CT molecular complexity index is 1090. The van der Waals surface area contributed by atoms with Crippen LogP contribution in [0, 0.1) is 20.8 Å². The van der Waals surface area contributed by atoms with E-state index in [1.54, 1.807) is 13.0 Å². The molecule has 1 aliphatic rings. The van der Waals surface area contributed by atoms with E-state index < -0.39 is 0 Å². The molecule has 0 radical (unpaired) electrons. The van der Waals surface area contributed by atoms with Gasteiger partial charge < -0.3 is 15.0 Å². The summed E-state index contributed by atoms with van der Waals surface area (Å²) in [6, 6.07) is 11.5. The smallest absolute Gasteiger partial charge is 0.278 e. The fourth-order valence-electron chi connectivity index (χ4n) is 3.60. The van der Waals surface area contributed by atoms with Crippen LogP contribution in [0.2, 0.25) is 5.02 Å². The number of ether oxygens (including phenoxy) is 1. The molecule has 30 heavy (non-hydrogen) atoms. The molecule has 1 amide bonds. The normalized spacial score (nSPS) is 14.1. The minimum atomic E-state index is -0.319. The third kappa shape index (κ3) is 4.17. The van der Waals surface area contributed by atoms with Crippen LogP contribution in [-0.4, -0.2) is 47.2 Å². The quantitative estimate of drug-likeness (QED) is 0.685. The average Bonchev–Trinajstić information content (AvgIpc) is 3.10. The average molecular weight is 426 g/mol. The standard InChI is InChI=1S/C22H24ClN5O2/c1-14-4-6-19(15(2)12-14)28-25-16(3)21(26-28)22(29)24-18-13-17(23)5-7-20(18)27-8-10-30-11-9-27/h4-7,12-13H,8-11H2,1-3H3,(H,24,29). The van der Waals surface area contributed by atoms with Crippen LogP contribution in [0.5, 0.6) is 0 Å². The fourth-order valence-corrected chi connectivity index (χ4v) is 3.77. The van der Waals surface area contributed by atoms with Gasteiger partial charge in [-0.25, -0.2) is 0 Å². The number of aryl methyl sites for hydroxylation is 3. The summed E-state index contributed by atoms with van der Waals surface area (Å²) in [5.74, 6) is -0.319. The van der Waals surface area contributed by atoms with Crippen LogP contribution in [0.25, 0.3) is 5.69 Å². The van der Waals surface area contributed by atoms with Crippen LogP contribution >= 0.6 is 11.6 Å². The Kier molecular flexibility index (Phi) is 5.74. The van der Waals surface area contributed by atoms with Crippen molar-refractivity contribution in [3.63, 3.8) is 0 Å². The molecule has 3 aromatic rings. The van der Waals surface area contributed by atoms with E-state index >= 15 is 0 Å². The zero-order valence-corrected chi connectivity index (χ0v) is 18.0. The van der Waals surface area contributed by atoms with Crippen LogP contribution < -0.4 is 10.2 Å². The van der Waals surface area contributed by atoms with Crippen LogP contribution in [-0.2, 0) is 4.74 Å². The minimum absolute atomic E-state index is 0.280. The lowest BCUT2D eigenvalue weighted by molar-refractivity contribution is 0.102. The molecule has 4 rings (SSSR count). The van der Waals surface area contributed by atoms with E-state index in [2.05, 4.69) is 26.5 Å². The van der Waals surface area contributed by atoms with Gasteiger partial charge in [-0.3, -0.25) is 4.79 Å². The molecule has 0 saturated carbocycles. The lowest BCUT2D eigenvalue weighted by Crippen LogP contribution is -2.36. The highest BCUT2D eigenvalue weighted by Gasteiger charge is 2.21. The Morgan fingerprint density at radius 1 is 1.03 bits per heavy atom. The van der Waals surface area contributed by atoms with E-state index in [1.807, 2.05) is 38.1 Å². The lowest BCUT2D eigenvalue weighted by Gasteiger charge is -2.30. The maximum Gasteiger partial charge on any atom is 0.278 e. The third-order valence-corrected chi connectivity index (χ3v) is 5.36. The summed E-state index contributed by atoms with van der Waals surface area (Å²) >= 11 is 6.20. The molecular formula is C22H24ClN5O2. The number of rotatable bonds is 4. The Morgan fingerprint density at radius 3 is 2.50 bits per heavy atom. The van der Waals surface area contributed by atoms with Gasteiger partial charge in [-0.15, -0.1) is 5.10 Å². The first kappa shape index (κ1) is 20.4. The largest absolute Gasteiger partial charge is 0.378 e. The van der Waals surface area contributed by atoms with Gasteiger partial charge in [-0.05, 0) is 50.6 Å².